The molecule has 2 aromatic rings. The van der Waals surface area contributed by atoms with Crippen molar-refractivity contribution in [2.24, 2.45) is 0 Å². The lowest BCUT2D eigenvalue weighted by Gasteiger charge is -2.24. The zero-order valence-corrected chi connectivity index (χ0v) is 12.2. The number of nitrogens with zero attached hydrogens (tertiary/aromatic N) is 1. The van der Waals surface area contributed by atoms with E-state index in [1.54, 1.807) is 13.0 Å². The molecule has 0 aromatic heterocycles. The van der Waals surface area contributed by atoms with E-state index in [0.717, 1.165) is 11.3 Å². The monoisotopic (exact) mass is 293 g/mol. The molecule has 2 rings (SSSR count). The predicted molar refractivity (Wildman–Crippen MR) is 80.6 cm³/mol. The zero-order valence-electron chi connectivity index (χ0n) is 11.5. The highest BCUT2D eigenvalue weighted by atomic mass is 35.5. The van der Waals surface area contributed by atoms with Gasteiger partial charge in [-0.15, -0.1) is 0 Å². The predicted octanol–water partition coefficient (Wildman–Crippen LogP) is 4.17. The van der Waals surface area contributed by atoms with Crippen molar-refractivity contribution in [2.45, 2.75) is 19.6 Å². The quantitative estimate of drug-likeness (QED) is 0.914. The summed E-state index contributed by atoms with van der Waals surface area (Å²) in [5, 5.41) is 10.5. The van der Waals surface area contributed by atoms with Crippen LogP contribution in [0, 0.1) is 5.82 Å². The van der Waals surface area contributed by atoms with Crippen LogP contribution in [-0.2, 0) is 6.54 Å². The number of rotatable bonds is 4. The summed E-state index contributed by atoms with van der Waals surface area (Å²) < 4.78 is 13.3. The molecule has 4 heteroatoms. The number of halogens is 2. The molecule has 0 saturated carbocycles. The second-order valence-corrected chi connectivity index (χ2v) is 5.23. The highest BCUT2D eigenvalue weighted by molar-refractivity contribution is 6.31. The van der Waals surface area contributed by atoms with Crippen LogP contribution in [0.5, 0.6) is 0 Å². The fourth-order valence-corrected chi connectivity index (χ4v) is 2.37. The van der Waals surface area contributed by atoms with Crippen molar-refractivity contribution in [1.82, 2.24) is 0 Å². The van der Waals surface area contributed by atoms with Gasteiger partial charge in [0.05, 0.1) is 6.10 Å². The topological polar surface area (TPSA) is 23.5 Å². The Morgan fingerprint density at radius 1 is 1.25 bits per heavy atom. The fourth-order valence-electron chi connectivity index (χ4n) is 2.17. The van der Waals surface area contributed by atoms with Crippen LogP contribution in [0.4, 0.5) is 10.1 Å². The summed E-state index contributed by atoms with van der Waals surface area (Å²) in [6, 6.07) is 12.0. The Morgan fingerprint density at radius 3 is 2.60 bits per heavy atom. The van der Waals surface area contributed by atoms with E-state index in [9.17, 15) is 9.50 Å². The van der Waals surface area contributed by atoms with E-state index in [1.807, 2.05) is 36.2 Å². The Balaban J connectivity index is 2.30. The van der Waals surface area contributed by atoms with Crippen molar-refractivity contribution in [1.29, 1.82) is 0 Å². The van der Waals surface area contributed by atoms with Gasteiger partial charge in [-0.05, 0) is 36.8 Å². The molecule has 0 saturated heterocycles. The maximum atomic E-state index is 13.3. The molecule has 0 spiro atoms. The molecule has 2 aromatic carbocycles. The first-order valence-corrected chi connectivity index (χ1v) is 6.79. The minimum absolute atomic E-state index is 0.351. The molecule has 0 aliphatic heterocycles. The van der Waals surface area contributed by atoms with Gasteiger partial charge in [0.25, 0.3) is 0 Å². The number of hydrogen-bond donors (Lipinski definition) is 1. The molecule has 0 amide bonds. The van der Waals surface area contributed by atoms with Crippen molar-refractivity contribution in [3.05, 3.63) is 64.4 Å². The second kappa shape index (κ2) is 6.25. The Bertz CT molecular complexity index is 601. The van der Waals surface area contributed by atoms with Crippen molar-refractivity contribution >= 4 is 17.3 Å². The van der Waals surface area contributed by atoms with Gasteiger partial charge in [0.2, 0.25) is 0 Å². The van der Waals surface area contributed by atoms with Gasteiger partial charge < -0.3 is 10.0 Å². The van der Waals surface area contributed by atoms with E-state index in [2.05, 4.69) is 0 Å². The first kappa shape index (κ1) is 14.8. The molecule has 0 aliphatic rings. The van der Waals surface area contributed by atoms with Crippen molar-refractivity contribution in [3.8, 4) is 0 Å². The van der Waals surface area contributed by atoms with Crippen LogP contribution in [0.3, 0.4) is 0 Å². The Labute approximate surface area is 123 Å². The van der Waals surface area contributed by atoms with Crippen molar-refractivity contribution in [2.75, 3.05) is 11.9 Å². The summed E-state index contributed by atoms with van der Waals surface area (Å²) in [6.45, 7) is 2.21. The SMILES string of the molecule is C[C@@H](O)c1cc(F)ccc1N(C)Cc1ccccc1Cl. The van der Waals surface area contributed by atoms with E-state index in [1.165, 1.54) is 12.1 Å². The van der Waals surface area contributed by atoms with Gasteiger partial charge in [-0.1, -0.05) is 29.8 Å². The highest BCUT2D eigenvalue weighted by Crippen LogP contribution is 2.28. The van der Waals surface area contributed by atoms with Crippen LogP contribution >= 0.6 is 11.6 Å². The Morgan fingerprint density at radius 2 is 1.95 bits per heavy atom. The average Bonchev–Trinajstić information content (AvgIpc) is 2.41. The number of aliphatic hydroxyl groups is 1. The first-order chi connectivity index (χ1) is 9.49. The molecular formula is C16H17ClFNO. The maximum absolute atomic E-state index is 13.3. The van der Waals surface area contributed by atoms with Gasteiger partial charge in [-0.25, -0.2) is 4.39 Å². The number of benzene rings is 2. The molecule has 0 bridgehead atoms. The first-order valence-electron chi connectivity index (χ1n) is 6.41. The number of aliphatic hydroxyl groups excluding tert-OH is 1. The third kappa shape index (κ3) is 3.30. The summed E-state index contributed by atoms with van der Waals surface area (Å²) in [4.78, 5) is 1.95. The summed E-state index contributed by atoms with van der Waals surface area (Å²) in [7, 11) is 1.89. The Hall–Kier alpha value is -1.58. The molecule has 106 valence electrons. The van der Waals surface area contributed by atoms with E-state index in [-0.39, 0.29) is 5.82 Å². The van der Waals surface area contributed by atoms with Crippen LogP contribution in [-0.4, -0.2) is 12.2 Å². The van der Waals surface area contributed by atoms with E-state index in [0.29, 0.717) is 17.1 Å². The molecule has 1 N–H and O–H groups in total. The summed E-state index contributed by atoms with van der Waals surface area (Å²) in [5.74, 6) is -0.351. The number of hydrogen-bond acceptors (Lipinski definition) is 2. The fraction of sp³-hybridized carbons (Fsp3) is 0.250. The number of anilines is 1. The lowest BCUT2D eigenvalue weighted by atomic mass is 10.1. The largest absolute Gasteiger partial charge is 0.389 e. The summed E-state index contributed by atoms with van der Waals surface area (Å²) in [6.07, 6.45) is -0.727. The third-order valence-electron chi connectivity index (χ3n) is 3.22. The zero-order chi connectivity index (χ0) is 14.7. The normalized spacial score (nSPS) is 12.2. The molecule has 0 heterocycles. The average molecular weight is 294 g/mol. The molecule has 2 nitrogen and oxygen atoms in total. The molecule has 20 heavy (non-hydrogen) atoms. The van der Waals surface area contributed by atoms with Gasteiger partial charge in [-0.3, -0.25) is 0 Å². The molecule has 1 atom stereocenters. The molecule has 0 radical (unpaired) electrons. The maximum Gasteiger partial charge on any atom is 0.123 e. The van der Waals surface area contributed by atoms with Crippen LogP contribution in [0.25, 0.3) is 0 Å². The van der Waals surface area contributed by atoms with E-state index >= 15 is 0 Å². The van der Waals surface area contributed by atoms with Crippen molar-refractivity contribution < 1.29 is 9.50 Å². The molecular weight excluding hydrogens is 277 g/mol. The van der Waals surface area contributed by atoms with Crippen LogP contribution in [0.2, 0.25) is 5.02 Å². The van der Waals surface area contributed by atoms with E-state index in [4.69, 9.17) is 11.6 Å². The van der Waals surface area contributed by atoms with Gasteiger partial charge in [0.1, 0.15) is 5.82 Å². The van der Waals surface area contributed by atoms with Crippen LogP contribution in [0.1, 0.15) is 24.2 Å². The molecule has 0 unspecified atom stereocenters. The second-order valence-electron chi connectivity index (χ2n) is 4.83. The third-order valence-corrected chi connectivity index (χ3v) is 3.58. The van der Waals surface area contributed by atoms with Crippen LogP contribution in [0.15, 0.2) is 42.5 Å². The van der Waals surface area contributed by atoms with E-state index < -0.39 is 6.10 Å². The smallest absolute Gasteiger partial charge is 0.123 e. The lowest BCUT2D eigenvalue weighted by molar-refractivity contribution is 0.199. The van der Waals surface area contributed by atoms with Crippen molar-refractivity contribution in [3.63, 3.8) is 0 Å². The molecule has 0 aliphatic carbocycles. The summed E-state index contributed by atoms with van der Waals surface area (Å²) >= 11 is 6.15. The minimum Gasteiger partial charge on any atom is -0.389 e. The highest BCUT2D eigenvalue weighted by Gasteiger charge is 2.13. The van der Waals surface area contributed by atoms with Gasteiger partial charge in [0.15, 0.2) is 0 Å². The molecule has 0 fully saturated rings. The summed E-state index contributed by atoms with van der Waals surface area (Å²) in [5.41, 5.74) is 2.35. The minimum atomic E-state index is -0.727. The van der Waals surface area contributed by atoms with Crippen LogP contribution < -0.4 is 4.90 Å². The standard InChI is InChI=1S/C16H17ClFNO/c1-11(20)14-9-13(18)7-8-16(14)19(2)10-12-5-3-4-6-15(12)17/h3-9,11,20H,10H2,1-2H3/t11-/m1/s1. The van der Waals surface area contributed by atoms with Gasteiger partial charge in [-0.2, -0.15) is 0 Å². The lowest BCUT2D eigenvalue weighted by Crippen LogP contribution is -2.19. The van der Waals surface area contributed by atoms with Gasteiger partial charge >= 0.3 is 0 Å². The van der Waals surface area contributed by atoms with Gasteiger partial charge in [0, 0.05) is 29.9 Å². The Kier molecular flexibility index (Phi) is 4.63.